The normalized spacial score (nSPS) is 11.3. The molecule has 6 heteroatoms. The van der Waals surface area contributed by atoms with Crippen molar-refractivity contribution in [1.82, 2.24) is 15.2 Å². The molecule has 0 saturated heterocycles. The molecule has 2 N–H and O–H groups in total. The first kappa shape index (κ1) is 16.3. The van der Waals surface area contributed by atoms with Crippen molar-refractivity contribution in [3.63, 3.8) is 0 Å². The van der Waals surface area contributed by atoms with E-state index in [1.165, 1.54) is 23.4 Å². The predicted molar refractivity (Wildman–Crippen MR) is 91.0 cm³/mol. The van der Waals surface area contributed by atoms with Gasteiger partial charge in [0.05, 0.1) is 0 Å². The van der Waals surface area contributed by atoms with Crippen molar-refractivity contribution in [3.05, 3.63) is 41.5 Å². The van der Waals surface area contributed by atoms with E-state index in [0.29, 0.717) is 17.0 Å². The topological polar surface area (TPSA) is 70.7 Å². The van der Waals surface area contributed by atoms with Crippen molar-refractivity contribution >= 4 is 29.7 Å². The maximum Gasteiger partial charge on any atom is 0.250 e. The summed E-state index contributed by atoms with van der Waals surface area (Å²) in [7, 11) is 0. The third-order valence-electron chi connectivity index (χ3n) is 3.01. The predicted octanol–water partition coefficient (Wildman–Crippen LogP) is 3.69. The Labute approximate surface area is 134 Å². The number of amides is 1. The van der Waals surface area contributed by atoms with Gasteiger partial charge in [0, 0.05) is 6.08 Å². The average Bonchev–Trinajstić information content (AvgIpc) is 2.93. The number of aromatic nitrogens is 3. The van der Waals surface area contributed by atoms with E-state index in [9.17, 15) is 4.79 Å². The van der Waals surface area contributed by atoms with Crippen LogP contribution in [0.5, 0.6) is 0 Å². The second-order valence-corrected chi connectivity index (χ2v) is 6.27. The van der Waals surface area contributed by atoms with Crippen LogP contribution in [0.4, 0.5) is 5.95 Å². The first-order chi connectivity index (χ1) is 10.6. The van der Waals surface area contributed by atoms with Crippen molar-refractivity contribution in [2.45, 2.75) is 31.8 Å². The first-order valence-corrected chi connectivity index (χ1v) is 8.21. The number of hydrogen-bond acceptors (Lipinski definition) is 4. The molecule has 5 nitrogen and oxygen atoms in total. The number of benzene rings is 1. The molecular formula is C16H20N4OS. The van der Waals surface area contributed by atoms with Crippen LogP contribution in [0.1, 0.15) is 37.8 Å². The van der Waals surface area contributed by atoms with Gasteiger partial charge in [-0.1, -0.05) is 56.8 Å². The number of carbonyl (C=O) groups is 1. The zero-order chi connectivity index (χ0) is 15.9. The first-order valence-electron chi connectivity index (χ1n) is 7.22. The molecule has 0 aliphatic heterocycles. The third-order valence-corrected chi connectivity index (χ3v) is 3.74. The largest absolute Gasteiger partial charge is 0.291 e. The van der Waals surface area contributed by atoms with Crippen molar-refractivity contribution in [2.75, 3.05) is 11.1 Å². The van der Waals surface area contributed by atoms with Crippen LogP contribution in [-0.4, -0.2) is 26.8 Å². The summed E-state index contributed by atoms with van der Waals surface area (Å²) < 4.78 is 0. The Morgan fingerprint density at radius 2 is 2.09 bits per heavy atom. The lowest BCUT2D eigenvalue weighted by Crippen LogP contribution is -2.09. The second kappa shape index (κ2) is 7.79. The molecule has 0 atom stereocenters. The molecule has 1 aromatic heterocycles. The molecule has 2 rings (SSSR count). The van der Waals surface area contributed by atoms with Gasteiger partial charge in [0.15, 0.2) is 0 Å². The lowest BCUT2D eigenvalue weighted by molar-refractivity contribution is -0.111. The maximum absolute atomic E-state index is 11.8. The van der Waals surface area contributed by atoms with Gasteiger partial charge in [0.25, 0.3) is 5.91 Å². The molecule has 1 amide bonds. The summed E-state index contributed by atoms with van der Waals surface area (Å²) in [6.45, 7) is 6.33. The fourth-order valence-electron chi connectivity index (χ4n) is 1.82. The summed E-state index contributed by atoms with van der Waals surface area (Å²) in [6.07, 6.45) is 3.26. The summed E-state index contributed by atoms with van der Waals surface area (Å²) in [6, 6.07) is 8.16. The summed E-state index contributed by atoms with van der Waals surface area (Å²) in [5.74, 6) is 1.51. The van der Waals surface area contributed by atoms with E-state index in [-0.39, 0.29) is 5.91 Å². The minimum Gasteiger partial charge on any atom is -0.291 e. The van der Waals surface area contributed by atoms with E-state index < -0.39 is 0 Å². The van der Waals surface area contributed by atoms with Gasteiger partial charge in [-0.15, -0.1) is 5.10 Å². The molecular weight excluding hydrogens is 296 g/mol. The highest BCUT2D eigenvalue weighted by Crippen LogP contribution is 2.15. The Bertz CT molecular complexity index is 646. The molecule has 0 radical (unpaired) electrons. The number of nitrogens with zero attached hydrogens (tertiary/aromatic N) is 2. The van der Waals surface area contributed by atoms with Crippen molar-refractivity contribution in [3.8, 4) is 0 Å². The van der Waals surface area contributed by atoms with Gasteiger partial charge < -0.3 is 0 Å². The quantitative estimate of drug-likeness (QED) is 0.630. The zero-order valence-corrected chi connectivity index (χ0v) is 13.8. The number of hydrogen-bond donors (Lipinski definition) is 2. The molecule has 116 valence electrons. The molecule has 0 fully saturated rings. The van der Waals surface area contributed by atoms with Gasteiger partial charge in [0.2, 0.25) is 11.1 Å². The van der Waals surface area contributed by atoms with Gasteiger partial charge in [-0.2, -0.15) is 4.98 Å². The maximum atomic E-state index is 11.8. The fraction of sp³-hybridized carbons (Fsp3) is 0.312. The van der Waals surface area contributed by atoms with Crippen LogP contribution in [0, 0.1) is 0 Å². The minimum absolute atomic E-state index is 0.239. The van der Waals surface area contributed by atoms with E-state index >= 15 is 0 Å². The average molecular weight is 316 g/mol. The minimum atomic E-state index is -0.239. The molecule has 22 heavy (non-hydrogen) atoms. The van der Waals surface area contributed by atoms with Crippen LogP contribution in [0.3, 0.4) is 0 Å². The lowest BCUT2D eigenvalue weighted by atomic mass is 10.0. The number of carbonyl (C=O) groups excluding carboxylic acids is 1. The fourth-order valence-corrected chi connectivity index (χ4v) is 2.34. The molecule has 0 unspecified atom stereocenters. The Balaban J connectivity index is 1.92. The summed E-state index contributed by atoms with van der Waals surface area (Å²) in [4.78, 5) is 16.0. The van der Waals surface area contributed by atoms with Crippen molar-refractivity contribution in [2.24, 2.45) is 0 Å². The number of nitrogens with one attached hydrogen (secondary N) is 2. The summed E-state index contributed by atoms with van der Waals surface area (Å²) in [5, 5.41) is 9.97. The Morgan fingerprint density at radius 1 is 1.36 bits per heavy atom. The van der Waals surface area contributed by atoms with Crippen LogP contribution >= 0.6 is 11.8 Å². The number of H-pyrrole nitrogens is 1. The highest BCUT2D eigenvalue weighted by atomic mass is 32.2. The highest BCUT2D eigenvalue weighted by Gasteiger charge is 2.04. The Morgan fingerprint density at radius 3 is 2.73 bits per heavy atom. The monoisotopic (exact) mass is 316 g/mol. The van der Waals surface area contributed by atoms with Crippen LogP contribution in [0.25, 0.3) is 6.08 Å². The number of aromatic amines is 1. The molecule has 0 saturated carbocycles. The van der Waals surface area contributed by atoms with Crippen LogP contribution in [0.15, 0.2) is 35.5 Å². The molecule has 0 spiro atoms. The number of anilines is 1. The van der Waals surface area contributed by atoms with Crippen LogP contribution in [0.2, 0.25) is 0 Å². The molecule has 1 aromatic carbocycles. The molecule has 2 aromatic rings. The number of thioether (sulfide) groups is 1. The van der Waals surface area contributed by atoms with Gasteiger partial charge in [-0.3, -0.25) is 10.1 Å². The standard InChI is InChI=1S/C16H20N4OS/c1-4-22-16-18-15(19-20-16)17-14(21)10-7-12-5-8-13(9-6-12)11(2)3/h5-11H,4H2,1-3H3,(H2,17,18,19,20,21)/b10-7+. The van der Waals surface area contributed by atoms with E-state index in [1.54, 1.807) is 6.08 Å². The van der Waals surface area contributed by atoms with Crippen LogP contribution < -0.4 is 5.32 Å². The van der Waals surface area contributed by atoms with Gasteiger partial charge in [-0.25, -0.2) is 5.10 Å². The van der Waals surface area contributed by atoms with Crippen molar-refractivity contribution < 1.29 is 4.79 Å². The van der Waals surface area contributed by atoms with E-state index in [4.69, 9.17) is 0 Å². The smallest absolute Gasteiger partial charge is 0.250 e. The van der Waals surface area contributed by atoms with E-state index in [2.05, 4.69) is 46.5 Å². The zero-order valence-electron chi connectivity index (χ0n) is 13.0. The highest BCUT2D eigenvalue weighted by molar-refractivity contribution is 7.99. The Kier molecular flexibility index (Phi) is 5.77. The van der Waals surface area contributed by atoms with Gasteiger partial charge >= 0.3 is 0 Å². The van der Waals surface area contributed by atoms with E-state index in [0.717, 1.165) is 11.3 Å². The van der Waals surface area contributed by atoms with Crippen LogP contribution in [-0.2, 0) is 4.79 Å². The van der Waals surface area contributed by atoms with E-state index in [1.807, 2.05) is 19.1 Å². The molecule has 0 aliphatic rings. The molecule has 1 heterocycles. The molecule has 0 bridgehead atoms. The number of rotatable bonds is 6. The Hall–Kier alpha value is -2.08. The summed E-state index contributed by atoms with van der Waals surface area (Å²) >= 11 is 1.51. The molecule has 0 aliphatic carbocycles. The second-order valence-electron chi connectivity index (χ2n) is 5.04. The SMILES string of the molecule is CCSc1n[nH]c(NC(=O)/C=C/c2ccc(C(C)C)cc2)n1. The van der Waals surface area contributed by atoms with Gasteiger partial charge in [0.1, 0.15) is 0 Å². The summed E-state index contributed by atoms with van der Waals surface area (Å²) in [5.41, 5.74) is 2.27. The van der Waals surface area contributed by atoms with Crippen molar-refractivity contribution in [1.29, 1.82) is 0 Å². The lowest BCUT2D eigenvalue weighted by Gasteiger charge is -2.04. The third kappa shape index (κ3) is 4.73. The van der Waals surface area contributed by atoms with Gasteiger partial charge in [-0.05, 0) is 28.9 Å².